The summed E-state index contributed by atoms with van der Waals surface area (Å²) in [6, 6.07) is 11.4. The van der Waals surface area contributed by atoms with Gasteiger partial charge < -0.3 is 14.8 Å². The van der Waals surface area contributed by atoms with Crippen LogP contribution in [0, 0.1) is 10.1 Å². The van der Waals surface area contributed by atoms with Crippen LogP contribution in [0.15, 0.2) is 65.2 Å². The standard InChI is InChI=1S/C19H18N2O8S/c1-28-18(22)11-17(19(23)29-2)20-14-8-15(21(24)25)10-16(9-14)30(26,27)12-13-6-4-3-5-7-13/h3-11,20H,12H2,1-2H3/b17-11+. The van der Waals surface area contributed by atoms with E-state index in [0.29, 0.717) is 5.56 Å². The lowest BCUT2D eigenvalue weighted by atomic mass is 10.2. The van der Waals surface area contributed by atoms with E-state index >= 15 is 0 Å². The molecule has 0 amide bonds. The van der Waals surface area contributed by atoms with Crippen LogP contribution in [0.5, 0.6) is 0 Å². The van der Waals surface area contributed by atoms with Gasteiger partial charge in [-0.05, 0) is 11.6 Å². The number of anilines is 1. The Morgan fingerprint density at radius 3 is 2.33 bits per heavy atom. The number of nitro benzene ring substituents is 1. The normalized spacial score (nSPS) is 11.5. The van der Waals surface area contributed by atoms with Gasteiger partial charge in [0.2, 0.25) is 0 Å². The number of benzene rings is 2. The molecule has 0 atom stereocenters. The largest absolute Gasteiger partial charge is 0.466 e. The van der Waals surface area contributed by atoms with Crippen LogP contribution in [0.3, 0.4) is 0 Å². The predicted octanol–water partition coefficient (Wildman–Crippen LogP) is 2.21. The molecule has 1 N–H and O–H groups in total. The van der Waals surface area contributed by atoms with E-state index in [1.54, 1.807) is 30.3 Å². The molecule has 0 aromatic heterocycles. The van der Waals surface area contributed by atoms with Crippen LogP contribution >= 0.6 is 0 Å². The van der Waals surface area contributed by atoms with E-state index in [-0.39, 0.29) is 16.3 Å². The zero-order valence-corrected chi connectivity index (χ0v) is 16.8. The van der Waals surface area contributed by atoms with Gasteiger partial charge in [-0.1, -0.05) is 30.3 Å². The number of nitrogens with one attached hydrogen (secondary N) is 1. The van der Waals surface area contributed by atoms with Gasteiger partial charge >= 0.3 is 11.9 Å². The maximum Gasteiger partial charge on any atom is 0.354 e. The Kier molecular flexibility index (Phi) is 7.26. The second-order valence-electron chi connectivity index (χ2n) is 5.92. The van der Waals surface area contributed by atoms with Crippen molar-refractivity contribution in [2.45, 2.75) is 10.6 Å². The molecule has 158 valence electrons. The number of carbonyl (C=O) groups excluding carboxylic acids is 2. The molecule has 0 saturated carbocycles. The summed E-state index contributed by atoms with van der Waals surface area (Å²) in [4.78, 5) is 33.6. The minimum Gasteiger partial charge on any atom is -0.466 e. The van der Waals surface area contributed by atoms with E-state index < -0.39 is 38.1 Å². The number of esters is 2. The summed E-state index contributed by atoms with van der Waals surface area (Å²) in [5, 5.41) is 13.8. The summed E-state index contributed by atoms with van der Waals surface area (Å²) >= 11 is 0. The number of rotatable bonds is 8. The Labute approximate surface area is 172 Å². The zero-order valence-electron chi connectivity index (χ0n) is 16.0. The summed E-state index contributed by atoms with van der Waals surface area (Å²) in [6.45, 7) is 0. The van der Waals surface area contributed by atoms with Crippen molar-refractivity contribution >= 4 is 33.2 Å². The molecule has 0 aliphatic heterocycles. The summed E-state index contributed by atoms with van der Waals surface area (Å²) < 4.78 is 34.6. The molecule has 30 heavy (non-hydrogen) atoms. The minimum atomic E-state index is -3.95. The molecule has 2 aromatic rings. The molecule has 0 heterocycles. The van der Waals surface area contributed by atoms with Gasteiger partial charge in [0.25, 0.3) is 5.69 Å². The molecule has 0 fully saturated rings. The minimum absolute atomic E-state index is 0.101. The van der Waals surface area contributed by atoms with Crippen molar-refractivity contribution in [1.82, 2.24) is 0 Å². The topological polar surface area (TPSA) is 142 Å². The molecule has 10 nitrogen and oxygen atoms in total. The van der Waals surface area contributed by atoms with Crippen molar-refractivity contribution in [1.29, 1.82) is 0 Å². The van der Waals surface area contributed by atoms with Crippen molar-refractivity contribution in [3.63, 3.8) is 0 Å². The van der Waals surface area contributed by atoms with Gasteiger partial charge in [-0.2, -0.15) is 0 Å². The van der Waals surface area contributed by atoms with E-state index in [0.717, 1.165) is 38.5 Å². The van der Waals surface area contributed by atoms with Gasteiger partial charge in [-0.25, -0.2) is 18.0 Å². The Bertz CT molecular complexity index is 1090. The number of sulfone groups is 1. The fraction of sp³-hybridized carbons (Fsp3) is 0.158. The monoisotopic (exact) mass is 434 g/mol. The molecule has 0 bridgehead atoms. The van der Waals surface area contributed by atoms with Crippen molar-refractivity contribution in [3.05, 3.63) is 76.0 Å². The van der Waals surface area contributed by atoms with Crippen molar-refractivity contribution in [3.8, 4) is 0 Å². The van der Waals surface area contributed by atoms with Crippen LogP contribution in [-0.2, 0) is 34.7 Å². The first kappa shape index (κ1) is 22.6. The molecular weight excluding hydrogens is 416 g/mol. The van der Waals surface area contributed by atoms with Crippen molar-refractivity contribution < 1.29 is 32.4 Å². The molecule has 2 rings (SSSR count). The van der Waals surface area contributed by atoms with E-state index in [1.165, 1.54) is 0 Å². The van der Waals surface area contributed by atoms with E-state index in [2.05, 4.69) is 14.8 Å². The lowest BCUT2D eigenvalue weighted by molar-refractivity contribution is -0.385. The van der Waals surface area contributed by atoms with E-state index in [4.69, 9.17) is 0 Å². The Morgan fingerprint density at radius 2 is 1.77 bits per heavy atom. The number of hydrogen-bond acceptors (Lipinski definition) is 9. The lowest BCUT2D eigenvalue weighted by Gasteiger charge is -2.11. The first-order chi connectivity index (χ1) is 14.2. The zero-order chi connectivity index (χ0) is 22.3. The second-order valence-corrected chi connectivity index (χ2v) is 7.90. The first-order valence-electron chi connectivity index (χ1n) is 8.37. The maximum absolute atomic E-state index is 12.8. The van der Waals surface area contributed by atoms with Gasteiger partial charge in [0, 0.05) is 17.8 Å². The highest BCUT2D eigenvalue weighted by molar-refractivity contribution is 7.90. The van der Waals surface area contributed by atoms with E-state index in [9.17, 15) is 28.1 Å². The maximum atomic E-state index is 12.8. The molecule has 0 unspecified atom stereocenters. The second kappa shape index (κ2) is 9.65. The number of methoxy groups -OCH3 is 2. The van der Waals surface area contributed by atoms with Crippen molar-refractivity contribution in [2.75, 3.05) is 19.5 Å². The Hall–Kier alpha value is -3.73. The summed E-state index contributed by atoms with van der Waals surface area (Å²) in [7, 11) is -1.79. The van der Waals surface area contributed by atoms with Gasteiger partial charge in [0.15, 0.2) is 9.84 Å². The van der Waals surface area contributed by atoms with Gasteiger partial charge in [-0.3, -0.25) is 10.1 Å². The Balaban J connectivity index is 2.50. The van der Waals surface area contributed by atoms with Crippen molar-refractivity contribution in [2.24, 2.45) is 0 Å². The molecule has 0 aliphatic carbocycles. The highest BCUT2D eigenvalue weighted by atomic mass is 32.2. The molecular formula is C19H18N2O8S. The van der Waals surface area contributed by atoms with Gasteiger partial charge in [-0.15, -0.1) is 0 Å². The SMILES string of the molecule is COC(=O)/C=C(/Nc1cc([N+](=O)[O-])cc(S(=O)(=O)Cc2ccccc2)c1)C(=O)OC. The number of nitrogens with zero attached hydrogens (tertiary/aromatic N) is 1. The fourth-order valence-electron chi connectivity index (χ4n) is 2.41. The first-order valence-corrected chi connectivity index (χ1v) is 10.0. The molecule has 0 aliphatic rings. The van der Waals surface area contributed by atoms with Crippen LogP contribution in [0.25, 0.3) is 0 Å². The third-order valence-corrected chi connectivity index (χ3v) is 5.48. The smallest absolute Gasteiger partial charge is 0.354 e. The molecule has 11 heteroatoms. The highest BCUT2D eigenvalue weighted by Gasteiger charge is 2.22. The summed E-state index contributed by atoms with van der Waals surface area (Å²) in [6.07, 6.45) is 0.781. The predicted molar refractivity (Wildman–Crippen MR) is 106 cm³/mol. The number of hydrogen-bond donors (Lipinski definition) is 1. The van der Waals surface area contributed by atoms with Crippen LogP contribution < -0.4 is 5.32 Å². The third-order valence-electron chi connectivity index (χ3n) is 3.81. The number of nitro groups is 1. The van der Waals surface area contributed by atoms with Crippen LogP contribution in [0.2, 0.25) is 0 Å². The average molecular weight is 434 g/mol. The fourth-order valence-corrected chi connectivity index (χ4v) is 3.81. The summed E-state index contributed by atoms with van der Waals surface area (Å²) in [5.41, 5.74) is -0.513. The van der Waals surface area contributed by atoms with E-state index in [1.807, 2.05) is 0 Å². The molecule has 2 aromatic carbocycles. The van der Waals surface area contributed by atoms with Gasteiger partial charge in [0.05, 0.1) is 35.9 Å². The molecule has 0 radical (unpaired) electrons. The number of carbonyl (C=O) groups is 2. The lowest BCUT2D eigenvalue weighted by Crippen LogP contribution is -2.16. The Morgan fingerprint density at radius 1 is 1.10 bits per heavy atom. The average Bonchev–Trinajstić information content (AvgIpc) is 2.72. The van der Waals surface area contributed by atoms with Crippen LogP contribution in [-0.4, -0.2) is 39.5 Å². The number of non-ortho nitro benzene ring substituents is 1. The quantitative estimate of drug-likeness (QED) is 0.286. The number of ether oxygens (including phenoxy) is 2. The van der Waals surface area contributed by atoms with Gasteiger partial charge in [0.1, 0.15) is 5.70 Å². The summed E-state index contributed by atoms with van der Waals surface area (Å²) in [5.74, 6) is -2.22. The molecule has 0 saturated heterocycles. The van der Waals surface area contributed by atoms with Crippen LogP contribution in [0.1, 0.15) is 5.56 Å². The third kappa shape index (κ3) is 5.88. The van der Waals surface area contributed by atoms with Crippen LogP contribution in [0.4, 0.5) is 11.4 Å². The highest BCUT2D eigenvalue weighted by Crippen LogP contribution is 2.27. The molecule has 0 spiro atoms.